The van der Waals surface area contributed by atoms with Gasteiger partial charge in [0.1, 0.15) is 0 Å². The Hall–Kier alpha value is -1.10. The molecule has 5 heteroatoms. The molecule has 2 N–H and O–H groups in total. The molecule has 1 fully saturated rings. The van der Waals surface area contributed by atoms with Crippen molar-refractivity contribution in [2.45, 2.75) is 39.5 Å². The lowest BCUT2D eigenvalue weighted by atomic mass is 9.93. The van der Waals surface area contributed by atoms with Crippen LogP contribution in [0.1, 0.15) is 39.5 Å². The highest BCUT2D eigenvalue weighted by molar-refractivity contribution is 5.78. The summed E-state index contributed by atoms with van der Waals surface area (Å²) in [4.78, 5) is 22.5. The van der Waals surface area contributed by atoms with Gasteiger partial charge in [0.25, 0.3) is 0 Å². The average Bonchev–Trinajstić information content (AvgIpc) is 2.35. The lowest BCUT2D eigenvalue weighted by molar-refractivity contribution is -0.146. The number of nitrogens with one attached hydrogen (secondary N) is 1. The number of carboxylic acids is 1. The third-order valence-corrected chi connectivity index (χ3v) is 3.43. The maximum absolute atomic E-state index is 11.6. The van der Waals surface area contributed by atoms with Crippen LogP contribution in [0.25, 0.3) is 0 Å². The minimum atomic E-state index is -0.908. The van der Waals surface area contributed by atoms with E-state index in [4.69, 9.17) is 9.84 Å². The molecule has 104 valence electrons. The van der Waals surface area contributed by atoms with Crippen molar-refractivity contribution in [1.29, 1.82) is 0 Å². The first-order valence-electron chi connectivity index (χ1n) is 6.49. The molecular formula is C13H23NO4. The van der Waals surface area contributed by atoms with Crippen molar-refractivity contribution in [2.75, 3.05) is 19.8 Å². The van der Waals surface area contributed by atoms with Gasteiger partial charge in [0, 0.05) is 26.2 Å². The van der Waals surface area contributed by atoms with Gasteiger partial charge < -0.3 is 15.2 Å². The highest BCUT2D eigenvalue weighted by Crippen LogP contribution is 2.20. The molecule has 0 aromatic carbocycles. The number of hydrogen-bond donors (Lipinski definition) is 2. The zero-order chi connectivity index (χ0) is 13.6. The molecule has 1 aliphatic rings. The standard InChI is InChI=1S/C13H23NO4/c1-13(2,12(16)17)9-14-11(15)4-3-10-5-7-18-8-6-10/h10H,3-9H2,1-2H3,(H,14,15)(H,16,17). The molecule has 0 spiro atoms. The predicted molar refractivity (Wildman–Crippen MR) is 67.2 cm³/mol. The Labute approximate surface area is 108 Å². The van der Waals surface area contributed by atoms with Crippen LogP contribution in [0.4, 0.5) is 0 Å². The van der Waals surface area contributed by atoms with E-state index in [1.54, 1.807) is 13.8 Å². The molecule has 1 heterocycles. The van der Waals surface area contributed by atoms with Crippen LogP contribution < -0.4 is 5.32 Å². The Kier molecular flexibility index (Phi) is 5.59. The van der Waals surface area contributed by atoms with Crippen LogP contribution in [0.2, 0.25) is 0 Å². The number of rotatable bonds is 6. The Morgan fingerprint density at radius 3 is 2.50 bits per heavy atom. The van der Waals surface area contributed by atoms with Gasteiger partial charge in [0.05, 0.1) is 5.41 Å². The number of carboxylic acid groups (broad SMARTS) is 1. The van der Waals surface area contributed by atoms with Gasteiger partial charge in [-0.15, -0.1) is 0 Å². The van der Waals surface area contributed by atoms with Crippen LogP contribution in [-0.2, 0) is 14.3 Å². The summed E-state index contributed by atoms with van der Waals surface area (Å²) in [6.07, 6.45) is 3.38. The fourth-order valence-corrected chi connectivity index (χ4v) is 1.85. The summed E-state index contributed by atoms with van der Waals surface area (Å²) in [7, 11) is 0. The van der Waals surface area contributed by atoms with Gasteiger partial charge in [-0.05, 0) is 39.0 Å². The molecule has 18 heavy (non-hydrogen) atoms. The minimum absolute atomic E-state index is 0.0594. The highest BCUT2D eigenvalue weighted by atomic mass is 16.5. The summed E-state index contributed by atoms with van der Waals surface area (Å²) in [5.41, 5.74) is -0.908. The molecule has 1 saturated heterocycles. The number of hydrogen-bond acceptors (Lipinski definition) is 3. The molecule has 1 amide bonds. The lowest BCUT2D eigenvalue weighted by Crippen LogP contribution is -2.39. The molecule has 0 bridgehead atoms. The third-order valence-electron chi connectivity index (χ3n) is 3.43. The van der Waals surface area contributed by atoms with E-state index in [0.717, 1.165) is 32.5 Å². The predicted octanol–water partition coefficient (Wildman–Crippen LogP) is 1.42. The molecule has 0 aromatic heterocycles. The molecule has 1 rings (SSSR count). The van der Waals surface area contributed by atoms with E-state index in [9.17, 15) is 9.59 Å². The molecular weight excluding hydrogens is 234 g/mol. The van der Waals surface area contributed by atoms with Crippen LogP contribution in [0.3, 0.4) is 0 Å². The quantitative estimate of drug-likeness (QED) is 0.754. The summed E-state index contributed by atoms with van der Waals surface area (Å²) in [6.45, 7) is 4.97. The van der Waals surface area contributed by atoms with Crippen molar-refractivity contribution in [3.8, 4) is 0 Å². The Bertz CT molecular complexity index is 295. The van der Waals surface area contributed by atoms with Crippen molar-refractivity contribution in [3.05, 3.63) is 0 Å². The molecule has 1 aliphatic heterocycles. The Morgan fingerprint density at radius 2 is 1.94 bits per heavy atom. The maximum Gasteiger partial charge on any atom is 0.310 e. The van der Waals surface area contributed by atoms with E-state index in [2.05, 4.69) is 5.32 Å². The first kappa shape index (κ1) is 15.0. The maximum atomic E-state index is 11.6. The topological polar surface area (TPSA) is 75.6 Å². The summed E-state index contributed by atoms with van der Waals surface area (Å²) < 4.78 is 5.26. The van der Waals surface area contributed by atoms with Crippen molar-refractivity contribution >= 4 is 11.9 Å². The van der Waals surface area contributed by atoms with E-state index in [1.807, 2.05) is 0 Å². The first-order valence-corrected chi connectivity index (χ1v) is 6.49. The average molecular weight is 257 g/mol. The van der Waals surface area contributed by atoms with Gasteiger partial charge in [-0.3, -0.25) is 9.59 Å². The summed E-state index contributed by atoms with van der Waals surface area (Å²) in [5, 5.41) is 11.6. The van der Waals surface area contributed by atoms with Crippen LogP contribution in [-0.4, -0.2) is 36.7 Å². The van der Waals surface area contributed by atoms with Gasteiger partial charge in [0.15, 0.2) is 0 Å². The van der Waals surface area contributed by atoms with Crippen LogP contribution >= 0.6 is 0 Å². The second-order valence-corrected chi connectivity index (χ2v) is 5.56. The Morgan fingerprint density at radius 1 is 1.33 bits per heavy atom. The molecule has 0 radical (unpaired) electrons. The van der Waals surface area contributed by atoms with Crippen molar-refractivity contribution < 1.29 is 19.4 Å². The van der Waals surface area contributed by atoms with Gasteiger partial charge in [-0.1, -0.05) is 0 Å². The number of aliphatic carboxylic acids is 1. The molecule has 0 atom stereocenters. The largest absolute Gasteiger partial charge is 0.481 e. The molecule has 0 aromatic rings. The van der Waals surface area contributed by atoms with Gasteiger partial charge in [0.2, 0.25) is 5.91 Å². The van der Waals surface area contributed by atoms with Crippen molar-refractivity contribution in [1.82, 2.24) is 5.32 Å². The second kappa shape index (κ2) is 6.73. The minimum Gasteiger partial charge on any atom is -0.481 e. The van der Waals surface area contributed by atoms with E-state index < -0.39 is 11.4 Å². The molecule has 0 saturated carbocycles. The SMILES string of the molecule is CC(C)(CNC(=O)CCC1CCOCC1)C(=O)O. The molecule has 0 unspecified atom stereocenters. The van der Waals surface area contributed by atoms with Crippen LogP contribution in [0, 0.1) is 11.3 Å². The van der Waals surface area contributed by atoms with Crippen molar-refractivity contribution in [3.63, 3.8) is 0 Å². The number of ether oxygens (including phenoxy) is 1. The first-order chi connectivity index (χ1) is 8.42. The zero-order valence-corrected chi connectivity index (χ0v) is 11.2. The molecule has 5 nitrogen and oxygen atoms in total. The fraction of sp³-hybridized carbons (Fsp3) is 0.846. The lowest BCUT2D eigenvalue weighted by Gasteiger charge is -2.22. The second-order valence-electron chi connectivity index (χ2n) is 5.56. The van der Waals surface area contributed by atoms with E-state index in [-0.39, 0.29) is 12.5 Å². The number of carbonyl (C=O) groups is 2. The van der Waals surface area contributed by atoms with Crippen LogP contribution in [0.15, 0.2) is 0 Å². The van der Waals surface area contributed by atoms with Gasteiger partial charge >= 0.3 is 5.97 Å². The normalized spacial score (nSPS) is 17.4. The molecule has 0 aliphatic carbocycles. The van der Waals surface area contributed by atoms with Crippen molar-refractivity contribution in [2.24, 2.45) is 11.3 Å². The highest BCUT2D eigenvalue weighted by Gasteiger charge is 2.27. The van der Waals surface area contributed by atoms with E-state index in [1.165, 1.54) is 0 Å². The zero-order valence-electron chi connectivity index (χ0n) is 11.2. The van der Waals surface area contributed by atoms with Gasteiger partial charge in [-0.2, -0.15) is 0 Å². The summed E-state index contributed by atoms with van der Waals surface area (Å²) in [6, 6.07) is 0. The van der Waals surface area contributed by atoms with Crippen LogP contribution in [0.5, 0.6) is 0 Å². The monoisotopic (exact) mass is 257 g/mol. The number of carbonyl (C=O) groups excluding carboxylic acids is 1. The Balaban J connectivity index is 2.19. The summed E-state index contributed by atoms with van der Waals surface area (Å²) in [5.74, 6) is -0.389. The van der Waals surface area contributed by atoms with E-state index >= 15 is 0 Å². The number of amides is 1. The third kappa shape index (κ3) is 5.04. The van der Waals surface area contributed by atoms with Gasteiger partial charge in [-0.25, -0.2) is 0 Å². The van der Waals surface area contributed by atoms with E-state index in [0.29, 0.717) is 12.3 Å². The smallest absolute Gasteiger partial charge is 0.310 e. The summed E-state index contributed by atoms with van der Waals surface area (Å²) >= 11 is 0. The fourth-order valence-electron chi connectivity index (χ4n) is 1.85.